The van der Waals surface area contributed by atoms with Gasteiger partial charge in [-0.05, 0) is 0 Å². The average molecular weight is 219 g/mol. The van der Waals surface area contributed by atoms with E-state index in [4.69, 9.17) is 17.3 Å². The molecule has 0 fully saturated rings. The van der Waals surface area contributed by atoms with Crippen LogP contribution in [0.3, 0.4) is 0 Å². The summed E-state index contributed by atoms with van der Waals surface area (Å²) in [5.41, 5.74) is 6.47. The second-order valence-corrected chi connectivity index (χ2v) is 3.50. The zero-order valence-electron chi connectivity index (χ0n) is 7.49. The Bertz CT molecular complexity index is 309. The first-order chi connectivity index (χ1) is 6.19. The van der Waals surface area contributed by atoms with Gasteiger partial charge >= 0.3 is 0 Å². The highest BCUT2D eigenvalue weighted by Gasteiger charge is 2.08. The van der Waals surface area contributed by atoms with Crippen molar-refractivity contribution in [1.29, 1.82) is 0 Å². The van der Waals surface area contributed by atoms with Gasteiger partial charge < -0.3 is 5.73 Å². The number of aliphatic imine (C=N–C) groups is 1. The van der Waals surface area contributed by atoms with Crippen LogP contribution in [0.15, 0.2) is 10.4 Å². The van der Waals surface area contributed by atoms with Crippen LogP contribution in [-0.2, 0) is 5.88 Å². The lowest BCUT2D eigenvalue weighted by atomic mass is 10.6. The molecule has 0 aliphatic carbocycles. The molecule has 0 radical (unpaired) electrons. The highest BCUT2D eigenvalue weighted by atomic mass is 35.5. The van der Waals surface area contributed by atoms with Crippen molar-refractivity contribution in [3.05, 3.63) is 11.1 Å². The quantitative estimate of drug-likeness (QED) is 0.462. The molecule has 0 bridgehead atoms. The lowest BCUT2D eigenvalue weighted by Crippen LogP contribution is -2.33. The summed E-state index contributed by atoms with van der Waals surface area (Å²) >= 11 is 7.12. The van der Waals surface area contributed by atoms with E-state index in [1.165, 1.54) is 11.3 Å². The van der Waals surface area contributed by atoms with Crippen molar-refractivity contribution in [2.45, 2.75) is 5.88 Å². The third-order valence-corrected chi connectivity index (χ3v) is 2.78. The molecule has 1 aromatic heterocycles. The molecule has 0 saturated carbocycles. The molecule has 6 heteroatoms. The van der Waals surface area contributed by atoms with Gasteiger partial charge in [0.1, 0.15) is 0 Å². The van der Waals surface area contributed by atoms with Crippen LogP contribution in [-0.4, -0.2) is 25.0 Å². The molecule has 0 spiro atoms. The van der Waals surface area contributed by atoms with E-state index in [0.29, 0.717) is 11.8 Å². The molecule has 0 aromatic carbocycles. The SMILES string of the molecule is CN=C(N)N(C)c1nc(CCl)cs1. The molecule has 4 nitrogen and oxygen atoms in total. The number of rotatable bonds is 2. The standard InChI is InChI=1S/C7H11ClN4S/c1-10-6(9)12(2)7-11-5(3-8)4-13-7/h4H,3H2,1-2H3,(H2,9,10). The number of aromatic nitrogens is 1. The number of guanidine groups is 1. The molecular weight excluding hydrogens is 208 g/mol. The largest absolute Gasteiger partial charge is 0.369 e. The first-order valence-corrected chi connectivity index (χ1v) is 5.06. The van der Waals surface area contributed by atoms with E-state index in [0.717, 1.165) is 10.8 Å². The number of hydrogen-bond acceptors (Lipinski definition) is 3. The average Bonchev–Trinajstić information content (AvgIpc) is 2.63. The maximum Gasteiger partial charge on any atom is 0.197 e. The molecule has 1 aromatic rings. The van der Waals surface area contributed by atoms with Crippen LogP contribution >= 0.6 is 22.9 Å². The summed E-state index contributed by atoms with van der Waals surface area (Å²) < 4.78 is 0. The second-order valence-electron chi connectivity index (χ2n) is 2.40. The Morgan fingerprint density at radius 3 is 3.00 bits per heavy atom. The third-order valence-electron chi connectivity index (χ3n) is 1.54. The minimum Gasteiger partial charge on any atom is -0.369 e. The fourth-order valence-electron chi connectivity index (χ4n) is 0.760. The summed E-state index contributed by atoms with van der Waals surface area (Å²) in [5, 5.41) is 2.71. The molecule has 0 unspecified atom stereocenters. The van der Waals surface area contributed by atoms with E-state index in [-0.39, 0.29) is 0 Å². The lowest BCUT2D eigenvalue weighted by molar-refractivity contribution is 1.13. The fourth-order valence-corrected chi connectivity index (χ4v) is 1.79. The van der Waals surface area contributed by atoms with E-state index >= 15 is 0 Å². The number of nitrogens with two attached hydrogens (primary N) is 1. The number of nitrogens with zero attached hydrogens (tertiary/aromatic N) is 3. The molecule has 72 valence electrons. The Morgan fingerprint density at radius 2 is 2.54 bits per heavy atom. The van der Waals surface area contributed by atoms with Gasteiger partial charge in [-0.1, -0.05) is 0 Å². The van der Waals surface area contributed by atoms with Crippen LogP contribution < -0.4 is 10.6 Å². The van der Waals surface area contributed by atoms with Gasteiger partial charge in [0.2, 0.25) is 0 Å². The van der Waals surface area contributed by atoms with Gasteiger partial charge in [0, 0.05) is 19.5 Å². The predicted molar refractivity (Wildman–Crippen MR) is 57.6 cm³/mol. The normalized spacial score (nSPS) is 11.8. The van der Waals surface area contributed by atoms with Gasteiger partial charge in [-0.3, -0.25) is 9.89 Å². The molecule has 0 aliphatic rings. The van der Waals surface area contributed by atoms with Crippen molar-refractivity contribution >= 4 is 34.0 Å². The lowest BCUT2D eigenvalue weighted by Gasteiger charge is -2.13. The van der Waals surface area contributed by atoms with Crippen molar-refractivity contribution in [1.82, 2.24) is 4.98 Å². The van der Waals surface area contributed by atoms with Crippen LogP contribution in [0.25, 0.3) is 0 Å². The molecule has 0 amide bonds. The predicted octanol–water partition coefficient (Wildman–Crippen LogP) is 1.26. The molecule has 0 saturated heterocycles. The number of thiazole rings is 1. The zero-order valence-corrected chi connectivity index (χ0v) is 9.06. The first kappa shape index (κ1) is 10.3. The smallest absolute Gasteiger partial charge is 0.197 e. The van der Waals surface area contributed by atoms with Gasteiger partial charge in [-0.2, -0.15) is 0 Å². The molecule has 13 heavy (non-hydrogen) atoms. The van der Waals surface area contributed by atoms with Gasteiger partial charge in [-0.15, -0.1) is 22.9 Å². The molecule has 1 rings (SSSR count). The molecule has 0 aliphatic heterocycles. The van der Waals surface area contributed by atoms with E-state index in [2.05, 4.69) is 9.98 Å². The Balaban J connectivity index is 2.82. The maximum atomic E-state index is 5.62. The van der Waals surface area contributed by atoms with E-state index < -0.39 is 0 Å². The van der Waals surface area contributed by atoms with Crippen molar-refractivity contribution in [3.8, 4) is 0 Å². The van der Waals surface area contributed by atoms with Crippen LogP contribution in [0.1, 0.15) is 5.69 Å². The Hall–Kier alpha value is -0.810. The monoisotopic (exact) mass is 218 g/mol. The summed E-state index contributed by atoms with van der Waals surface area (Å²) in [5.74, 6) is 0.864. The van der Waals surface area contributed by atoms with Crippen molar-refractivity contribution in [3.63, 3.8) is 0 Å². The highest BCUT2D eigenvalue weighted by Crippen LogP contribution is 2.19. The summed E-state index contributed by atoms with van der Waals surface area (Å²) in [6.07, 6.45) is 0. The highest BCUT2D eigenvalue weighted by molar-refractivity contribution is 7.14. The number of anilines is 1. The molecule has 1 heterocycles. The van der Waals surface area contributed by atoms with Crippen LogP contribution in [0.2, 0.25) is 0 Å². The van der Waals surface area contributed by atoms with Crippen molar-refractivity contribution in [2.24, 2.45) is 10.7 Å². The van der Waals surface area contributed by atoms with Gasteiger partial charge in [0.05, 0.1) is 11.6 Å². The van der Waals surface area contributed by atoms with E-state index in [1.807, 2.05) is 12.4 Å². The summed E-state index contributed by atoms with van der Waals surface area (Å²) in [7, 11) is 3.46. The number of alkyl halides is 1. The minimum absolute atomic E-state index is 0.424. The van der Waals surface area contributed by atoms with Gasteiger partial charge in [0.15, 0.2) is 11.1 Å². The van der Waals surface area contributed by atoms with E-state index in [1.54, 1.807) is 11.9 Å². The molecular formula is C7H11ClN4S. The van der Waals surface area contributed by atoms with Gasteiger partial charge in [0.25, 0.3) is 0 Å². The fraction of sp³-hybridized carbons (Fsp3) is 0.429. The zero-order chi connectivity index (χ0) is 9.84. The van der Waals surface area contributed by atoms with E-state index in [9.17, 15) is 0 Å². The number of hydrogen-bond donors (Lipinski definition) is 1. The summed E-state index contributed by atoms with van der Waals surface area (Å²) in [6.45, 7) is 0. The Labute approximate surface area is 86.0 Å². The van der Waals surface area contributed by atoms with Crippen LogP contribution in [0.4, 0.5) is 5.13 Å². The summed E-state index contributed by atoms with van der Waals surface area (Å²) in [4.78, 5) is 9.83. The summed E-state index contributed by atoms with van der Waals surface area (Å²) in [6, 6.07) is 0. The van der Waals surface area contributed by atoms with Crippen molar-refractivity contribution in [2.75, 3.05) is 19.0 Å². The second kappa shape index (κ2) is 4.43. The van der Waals surface area contributed by atoms with Crippen molar-refractivity contribution < 1.29 is 0 Å². The molecule has 0 atom stereocenters. The van der Waals surface area contributed by atoms with Gasteiger partial charge in [-0.25, -0.2) is 4.98 Å². The van der Waals surface area contributed by atoms with Crippen LogP contribution in [0.5, 0.6) is 0 Å². The van der Waals surface area contributed by atoms with Crippen LogP contribution in [0, 0.1) is 0 Å². The Kier molecular flexibility index (Phi) is 3.50. The first-order valence-electron chi connectivity index (χ1n) is 3.65. The molecule has 2 N–H and O–H groups in total. The third kappa shape index (κ3) is 2.32. The Morgan fingerprint density at radius 1 is 1.85 bits per heavy atom. The number of halogens is 1. The minimum atomic E-state index is 0.424. The topological polar surface area (TPSA) is 54.5 Å². The maximum absolute atomic E-state index is 5.62.